The summed E-state index contributed by atoms with van der Waals surface area (Å²) >= 11 is 2.02. The largest absolute Gasteiger partial charge is 0.149 e. The van der Waals surface area contributed by atoms with Gasteiger partial charge in [0, 0.05) is 0 Å². The van der Waals surface area contributed by atoms with E-state index in [-0.39, 0.29) is 0 Å². The van der Waals surface area contributed by atoms with Gasteiger partial charge in [0.1, 0.15) is 0 Å². The zero-order chi connectivity index (χ0) is 11.0. The molecule has 0 fully saturated rings. The predicted molar refractivity (Wildman–Crippen MR) is 71.9 cm³/mol. The lowest BCUT2D eigenvalue weighted by Gasteiger charge is -2.11. The summed E-state index contributed by atoms with van der Waals surface area (Å²) in [6, 6.07) is 17.6. The van der Waals surface area contributed by atoms with Gasteiger partial charge in [-0.25, -0.2) is 0 Å². The first-order valence-electron chi connectivity index (χ1n) is 5.71. The van der Waals surface area contributed by atoms with E-state index < -0.39 is 0 Å². The summed E-state index contributed by atoms with van der Waals surface area (Å²) in [7, 11) is 0. The minimum atomic E-state index is 0.539. The maximum absolute atomic E-state index is 2.27. The first-order valence-corrected chi connectivity index (χ1v) is 6.76. The molecule has 0 aliphatic heterocycles. The summed E-state index contributed by atoms with van der Waals surface area (Å²) in [5, 5.41) is 0.539. The van der Waals surface area contributed by atoms with E-state index in [0.717, 1.165) is 5.75 Å². The number of hydrogen-bond acceptors (Lipinski definition) is 1. The molecule has 0 spiro atoms. The lowest BCUT2D eigenvalue weighted by Crippen LogP contribution is -1.91. The molecule has 16 heavy (non-hydrogen) atoms. The normalized spacial score (nSPS) is 13.6. The van der Waals surface area contributed by atoms with Crippen molar-refractivity contribution >= 4 is 11.8 Å². The monoisotopic (exact) mass is 226 g/mol. The molecule has 0 aromatic heterocycles. The van der Waals surface area contributed by atoms with Gasteiger partial charge in [0.2, 0.25) is 0 Å². The second-order valence-corrected chi connectivity index (χ2v) is 5.39. The van der Waals surface area contributed by atoms with Gasteiger partial charge in [-0.3, -0.25) is 0 Å². The van der Waals surface area contributed by atoms with Crippen LogP contribution in [-0.4, -0.2) is 5.75 Å². The third-order valence-electron chi connectivity index (χ3n) is 3.11. The highest BCUT2D eigenvalue weighted by atomic mass is 32.2. The van der Waals surface area contributed by atoms with E-state index in [4.69, 9.17) is 0 Å². The first-order chi connectivity index (χ1) is 7.92. The molecule has 3 rings (SSSR count). The van der Waals surface area contributed by atoms with Crippen molar-refractivity contribution in [2.24, 2.45) is 0 Å². The van der Waals surface area contributed by atoms with Crippen LogP contribution in [-0.2, 0) is 0 Å². The molecule has 0 heterocycles. The molecule has 0 bridgehead atoms. The minimum Gasteiger partial charge on any atom is -0.149 e. The molecule has 1 heteroatoms. The van der Waals surface area contributed by atoms with Gasteiger partial charge in [-0.1, -0.05) is 55.5 Å². The Labute approximate surface area is 101 Å². The Hall–Kier alpha value is -1.21. The van der Waals surface area contributed by atoms with E-state index in [1.54, 1.807) is 0 Å². The predicted octanol–water partition coefficient (Wildman–Crippen LogP) is 4.51. The first kappa shape index (κ1) is 9.98. The van der Waals surface area contributed by atoms with Crippen molar-refractivity contribution in [3.05, 3.63) is 59.7 Å². The van der Waals surface area contributed by atoms with Crippen LogP contribution in [0.15, 0.2) is 48.5 Å². The van der Waals surface area contributed by atoms with Gasteiger partial charge in [0.25, 0.3) is 0 Å². The van der Waals surface area contributed by atoms with Crippen LogP contribution in [0.5, 0.6) is 0 Å². The van der Waals surface area contributed by atoms with Crippen molar-refractivity contribution < 1.29 is 0 Å². The molecule has 1 aliphatic carbocycles. The van der Waals surface area contributed by atoms with E-state index in [0.29, 0.717) is 5.25 Å². The summed E-state index contributed by atoms with van der Waals surface area (Å²) < 4.78 is 0. The van der Waals surface area contributed by atoms with Gasteiger partial charge in [-0.2, -0.15) is 0 Å². The summed E-state index contributed by atoms with van der Waals surface area (Å²) in [4.78, 5) is 0. The molecule has 2 aromatic carbocycles. The fourth-order valence-electron chi connectivity index (χ4n) is 2.46. The molecular formula is C15H14S. The highest BCUT2D eigenvalue weighted by Gasteiger charge is 2.27. The van der Waals surface area contributed by atoms with Crippen LogP contribution in [0.3, 0.4) is 0 Å². The zero-order valence-corrected chi connectivity index (χ0v) is 10.1. The van der Waals surface area contributed by atoms with Crippen LogP contribution in [0, 0.1) is 0 Å². The Balaban J connectivity index is 2.21. The standard InChI is InChI=1S/C15H14S/c1-2-16-15-13-9-5-3-7-11(13)12-8-4-6-10-14(12)15/h3-10,15H,2H2,1H3. The summed E-state index contributed by atoms with van der Waals surface area (Å²) in [6.45, 7) is 2.23. The van der Waals surface area contributed by atoms with Crippen molar-refractivity contribution in [3.8, 4) is 11.1 Å². The SMILES string of the molecule is CCSC1c2ccccc2-c2ccccc21. The molecule has 0 amide bonds. The van der Waals surface area contributed by atoms with Gasteiger partial charge in [-0.05, 0) is 28.0 Å². The average Bonchev–Trinajstić information content (AvgIpc) is 2.66. The van der Waals surface area contributed by atoms with E-state index in [9.17, 15) is 0 Å². The molecule has 2 aromatic rings. The quantitative estimate of drug-likeness (QED) is 0.726. The van der Waals surface area contributed by atoms with Gasteiger partial charge in [-0.15, -0.1) is 11.8 Å². The van der Waals surface area contributed by atoms with Crippen molar-refractivity contribution in [2.75, 3.05) is 5.75 Å². The number of benzene rings is 2. The molecule has 0 radical (unpaired) electrons. The molecule has 0 nitrogen and oxygen atoms in total. The fourth-order valence-corrected chi connectivity index (χ4v) is 3.56. The van der Waals surface area contributed by atoms with E-state index in [1.165, 1.54) is 22.3 Å². The molecule has 0 saturated carbocycles. The molecule has 0 unspecified atom stereocenters. The molecule has 0 N–H and O–H groups in total. The maximum atomic E-state index is 2.27. The van der Waals surface area contributed by atoms with Crippen molar-refractivity contribution in [3.63, 3.8) is 0 Å². The molecule has 0 atom stereocenters. The Morgan fingerprint density at radius 1 is 0.875 bits per heavy atom. The third-order valence-corrected chi connectivity index (χ3v) is 4.28. The average molecular weight is 226 g/mol. The number of rotatable bonds is 2. The van der Waals surface area contributed by atoms with Gasteiger partial charge < -0.3 is 0 Å². The van der Waals surface area contributed by atoms with Crippen LogP contribution in [0.4, 0.5) is 0 Å². The summed E-state index contributed by atoms with van der Waals surface area (Å²) in [5.74, 6) is 1.16. The maximum Gasteiger partial charge on any atom is 0.0558 e. The van der Waals surface area contributed by atoms with Gasteiger partial charge >= 0.3 is 0 Å². The van der Waals surface area contributed by atoms with Crippen molar-refractivity contribution in [2.45, 2.75) is 12.2 Å². The van der Waals surface area contributed by atoms with Crippen LogP contribution in [0.2, 0.25) is 0 Å². The minimum absolute atomic E-state index is 0.539. The van der Waals surface area contributed by atoms with Crippen molar-refractivity contribution in [1.82, 2.24) is 0 Å². The second-order valence-electron chi connectivity index (χ2n) is 4.01. The van der Waals surface area contributed by atoms with Crippen LogP contribution < -0.4 is 0 Å². The summed E-state index contributed by atoms with van der Waals surface area (Å²) in [6.07, 6.45) is 0. The Morgan fingerprint density at radius 2 is 1.38 bits per heavy atom. The molecule has 0 saturated heterocycles. The van der Waals surface area contributed by atoms with E-state index in [1.807, 2.05) is 11.8 Å². The lowest BCUT2D eigenvalue weighted by molar-refractivity contribution is 1.21. The number of fused-ring (bicyclic) bond motifs is 3. The van der Waals surface area contributed by atoms with E-state index in [2.05, 4.69) is 55.5 Å². The van der Waals surface area contributed by atoms with Gasteiger partial charge in [0.15, 0.2) is 0 Å². The third kappa shape index (κ3) is 1.39. The van der Waals surface area contributed by atoms with Crippen LogP contribution in [0.1, 0.15) is 23.3 Å². The van der Waals surface area contributed by atoms with Crippen molar-refractivity contribution in [1.29, 1.82) is 0 Å². The van der Waals surface area contributed by atoms with Gasteiger partial charge in [0.05, 0.1) is 5.25 Å². The number of hydrogen-bond donors (Lipinski definition) is 0. The Bertz CT molecular complexity index is 471. The molecule has 1 aliphatic rings. The Morgan fingerprint density at radius 3 is 1.88 bits per heavy atom. The molecular weight excluding hydrogens is 212 g/mol. The lowest BCUT2D eigenvalue weighted by atomic mass is 10.1. The Kier molecular flexibility index (Phi) is 2.49. The second kappa shape index (κ2) is 3.99. The number of thioether (sulfide) groups is 1. The zero-order valence-electron chi connectivity index (χ0n) is 9.31. The van der Waals surface area contributed by atoms with E-state index >= 15 is 0 Å². The fraction of sp³-hybridized carbons (Fsp3) is 0.200. The topological polar surface area (TPSA) is 0 Å². The highest BCUT2D eigenvalue weighted by Crippen LogP contribution is 2.49. The smallest absolute Gasteiger partial charge is 0.0558 e. The van der Waals surface area contributed by atoms with Crippen LogP contribution >= 0.6 is 11.8 Å². The highest BCUT2D eigenvalue weighted by molar-refractivity contribution is 7.99. The molecule has 80 valence electrons. The summed E-state index contributed by atoms with van der Waals surface area (Å²) in [5.41, 5.74) is 5.80. The van der Waals surface area contributed by atoms with Crippen LogP contribution in [0.25, 0.3) is 11.1 Å².